The van der Waals surface area contributed by atoms with Crippen LogP contribution in [0.5, 0.6) is 0 Å². The van der Waals surface area contributed by atoms with Crippen LogP contribution in [-0.4, -0.2) is 58.8 Å². The fourth-order valence-electron chi connectivity index (χ4n) is 4.44. The fourth-order valence-corrected chi connectivity index (χ4v) is 4.44. The molecule has 1 aromatic heterocycles. The number of carbonyl (C=O) groups excluding carboxylic acids is 2. The van der Waals surface area contributed by atoms with Gasteiger partial charge in [0.05, 0.1) is 18.3 Å². The molecular formula is C22H34N4O2. The number of hydrogen-bond donors (Lipinski definition) is 1. The zero-order valence-electron chi connectivity index (χ0n) is 17.3. The molecule has 1 saturated heterocycles. The van der Waals surface area contributed by atoms with Gasteiger partial charge in [0, 0.05) is 38.3 Å². The Morgan fingerprint density at radius 1 is 1.18 bits per heavy atom. The minimum absolute atomic E-state index is 0.0823. The van der Waals surface area contributed by atoms with Crippen LogP contribution in [0, 0.1) is 11.8 Å². The summed E-state index contributed by atoms with van der Waals surface area (Å²) in [5.41, 5.74) is 0.880. The molecule has 154 valence electrons. The quantitative estimate of drug-likeness (QED) is 0.782. The Bertz CT molecular complexity index is 637. The average Bonchev–Trinajstić information content (AvgIpc) is 3.27. The molecule has 6 heteroatoms. The van der Waals surface area contributed by atoms with Gasteiger partial charge in [-0.15, -0.1) is 0 Å². The predicted octanol–water partition coefficient (Wildman–Crippen LogP) is 2.45. The van der Waals surface area contributed by atoms with Crippen LogP contribution in [0.1, 0.15) is 51.6 Å². The maximum atomic E-state index is 13.1. The summed E-state index contributed by atoms with van der Waals surface area (Å²) in [5, 5.41) is 3.11. The highest BCUT2D eigenvalue weighted by Crippen LogP contribution is 2.31. The Morgan fingerprint density at radius 3 is 2.50 bits per heavy atom. The Hall–Kier alpha value is -1.95. The molecule has 0 unspecified atom stereocenters. The lowest BCUT2D eigenvalue weighted by Gasteiger charge is -2.41. The maximum Gasteiger partial charge on any atom is 0.237 e. The van der Waals surface area contributed by atoms with E-state index in [1.54, 1.807) is 6.20 Å². The maximum absolute atomic E-state index is 13.1. The van der Waals surface area contributed by atoms with Gasteiger partial charge in [-0.1, -0.05) is 32.8 Å². The molecule has 1 aromatic rings. The first-order chi connectivity index (χ1) is 13.6. The number of rotatable bonds is 7. The number of aromatic nitrogens is 1. The molecule has 2 heterocycles. The van der Waals surface area contributed by atoms with Gasteiger partial charge in [-0.05, 0) is 37.3 Å². The molecule has 2 amide bonds. The van der Waals surface area contributed by atoms with Gasteiger partial charge in [-0.3, -0.25) is 19.5 Å². The molecule has 3 rings (SSSR count). The van der Waals surface area contributed by atoms with Gasteiger partial charge in [0.25, 0.3) is 0 Å². The molecule has 0 radical (unpaired) electrons. The van der Waals surface area contributed by atoms with Gasteiger partial charge in [-0.2, -0.15) is 0 Å². The Balaban J connectivity index is 1.60. The van der Waals surface area contributed by atoms with Crippen LogP contribution in [0.4, 0.5) is 0 Å². The summed E-state index contributed by atoms with van der Waals surface area (Å²) >= 11 is 0. The van der Waals surface area contributed by atoms with E-state index >= 15 is 0 Å². The van der Waals surface area contributed by atoms with E-state index in [2.05, 4.69) is 22.1 Å². The molecule has 1 aliphatic carbocycles. The van der Waals surface area contributed by atoms with E-state index in [9.17, 15) is 9.59 Å². The summed E-state index contributed by atoms with van der Waals surface area (Å²) in [6.07, 6.45) is 7.28. The zero-order chi connectivity index (χ0) is 19.9. The van der Waals surface area contributed by atoms with Crippen LogP contribution in [0.15, 0.2) is 24.4 Å². The molecule has 0 spiro atoms. The van der Waals surface area contributed by atoms with E-state index in [4.69, 9.17) is 0 Å². The van der Waals surface area contributed by atoms with Gasteiger partial charge in [0.1, 0.15) is 0 Å². The van der Waals surface area contributed by atoms with E-state index in [-0.39, 0.29) is 23.8 Å². The standard InChI is InChI=1S/C22H34N4O2/c1-3-17(2)22(28)26-14-12-25(13-15-26)20(18-8-4-5-9-18)21(27)24-16-19-10-6-7-11-23-19/h6-7,10-11,17-18,20H,3-5,8-9,12-16H2,1-2H3,(H,24,27)/t17-,20+/m1/s1. The van der Waals surface area contributed by atoms with E-state index in [0.29, 0.717) is 12.5 Å². The molecule has 6 nitrogen and oxygen atoms in total. The van der Waals surface area contributed by atoms with Gasteiger partial charge in [0.2, 0.25) is 11.8 Å². The second kappa shape index (κ2) is 10.0. The molecule has 2 aliphatic rings. The van der Waals surface area contributed by atoms with Crippen molar-refractivity contribution < 1.29 is 9.59 Å². The highest BCUT2D eigenvalue weighted by molar-refractivity contribution is 5.82. The molecule has 2 fully saturated rings. The summed E-state index contributed by atoms with van der Waals surface area (Å²) < 4.78 is 0. The van der Waals surface area contributed by atoms with Crippen molar-refractivity contribution in [2.24, 2.45) is 11.8 Å². The number of amides is 2. The summed E-state index contributed by atoms with van der Waals surface area (Å²) in [6.45, 7) is 7.53. The third-order valence-corrected chi connectivity index (χ3v) is 6.34. The normalized spacial score (nSPS) is 20.7. The smallest absolute Gasteiger partial charge is 0.237 e. The molecule has 1 aliphatic heterocycles. The number of piperazine rings is 1. The van der Waals surface area contributed by atoms with Crippen molar-refractivity contribution in [3.8, 4) is 0 Å². The molecule has 28 heavy (non-hydrogen) atoms. The number of carbonyl (C=O) groups is 2. The van der Waals surface area contributed by atoms with Crippen molar-refractivity contribution in [1.29, 1.82) is 0 Å². The van der Waals surface area contributed by atoms with Gasteiger partial charge in [0.15, 0.2) is 0 Å². The first kappa shape index (κ1) is 20.8. The van der Waals surface area contributed by atoms with E-state index < -0.39 is 0 Å². The van der Waals surface area contributed by atoms with Crippen LogP contribution in [0.25, 0.3) is 0 Å². The lowest BCUT2D eigenvalue weighted by molar-refractivity contribution is -0.138. The zero-order valence-corrected chi connectivity index (χ0v) is 17.3. The van der Waals surface area contributed by atoms with Crippen molar-refractivity contribution >= 4 is 11.8 Å². The van der Waals surface area contributed by atoms with Crippen molar-refractivity contribution in [2.75, 3.05) is 26.2 Å². The van der Waals surface area contributed by atoms with Crippen LogP contribution >= 0.6 is 0 Å². The molecule has 1 N–H and O–H groups in total. The third kappa shape index (κ3) is 5.10. The number of hydrogen-bond acceptors (Lipinski definition) is 4. The second-order valence-electron chi connectivity index (χ2n) is 8.20. The van der Waals surface area contributed by atoms with E-state index in [1.807, 2.05) is 30.0 Å². The number of pyridine rings is 1. The Morgan fingerprint density at radius 2 is 1.89 bits per heavy atom. The van der Waals surface area contributed by atoms with Crippen molar-refractivity contribution in [1.82, 2.24) is 20.1 Å². The molecule has 0 aromatic carbocycles. The Kier molecular flexibility index (Phi) is 7.43. The third-order valence-electron chi connectivity index (χ3n) is 6.34. The van der Waals surface area contributed by atoms with E-state index in [1.165, 1.54) is 12.8 Å². The number of nitrogens with zero attached hydrogens (tertiary/aromatic N) is 3. The highest BCUT2D eigenvalue weighted by atomic mass is 16.2. The van der Waals surface area contributed by atoms with Crippen molar-refractivity contribution in [3.05, 3.63) is 30.1 Å². The number of nitrogens with one attached hydrogen (secondary N) is 1. The Labute approximate surface area is 168 Å². The lowest BCUT2D eigenvalue weighted by Crippen LogP contribution is -2.58. The average molecular weight is 387 g/mol. The summed E-state index contributed by atoms with van der Waals surface area (Å²) in [5.74, 6) is 0.859. The summed E-state index contributed by atoms with van der Waals surface area (Å²) in [6, 6.07) is 5.67. The fraction of sp³-hybridized carbons (Fsp3) is 0.682. The topological polar surface area (TPSA) is 65.5 Å². The minimum atomic E-state index is -0.0907. The van der Waals surface area contributed by atoms with Crippen molar-refractivity contribution in [3.63, 3.8) is 0 Å². The predicted molar refractivity (Wildman–Crippen MR) is 109 cm³/mol. The summed E-state index contributed by atoms with van der Waals surface area (Å²) in [4.78, 5) is 34.2. The lowest BCUT2D eigenvalue weighted by atomic mass is 9.94. The van der Waals surface area contributed by atoms with Gasteiger partial charge >= 0.3 is 0 Å². The highest BCUT2D eigenvalue weighted by Gasteiger charge is 2.37. The SMILES string of the molecule is CC[C@@H](C)C(=O)N1CCN([C@H](C(=O)NCc2ccccn2)C2CCCC2)CC1. The van der Waals surface area contributed by atoms with Crippen LogP contribution in [-0.2, 0) is 16.1 Å². The largest absolute Gasteiger partial charge is 0.349 e. The van der Waals surface area contributed by atoms with E-state index in [0.717, 1.165) is 51.1 Å². The first-order valence-electron chi connectivity index (χ1n) is 10.8. The molecule has 0 bridgehead atoms. The minimum Gasteiger partial charge on any atom is -0.349 e. The second-order valence-corrected chi connectivity index (χ2v) is 8.20. The molecule has 2 atom stereocenters. The van der Waals surface area contributed by atoms with Crippen LogP contribution < -0.4 is 5.32 Å². The van der Waals surface area contributed by atoms with Gasteiger partial charge < -0.3 is 10.2 Å². The van der Waals surface area contributed by atoms with Crippen LogP contribution in [0.2, 0.25) is 0 Å². The van der Waals surface area contributed by atoms with Crippen molar-refractivity contribution in [2.45, 2.75) is 58.5 Å². The molecule has 1 saturated carbocycles. The first-order valence-corrected chi connectivity index (χ1v) is 10.8. The monoisotopic (exact) mass is 386 g/mol. The summed E-state index contributed by atoms with van der Waals surface area (Å²) in [7, 11) is 0. The molecular weight excluding hydrogens is 352 g/mol. The van der Waals surface area contributed by atoms with Crippen LogP contribution in [0.3, 0.4) is 0 Å². The van der Waals surface area contributed by atoms with Gasteiger partial charge in [-0.25, -0.2) is 0 Å².